The second-order valence-electron chi connectivity index (χ2n) is 6.54. The van der Waals surface area contributed by atoms with E-state index in [1.54, 1.807) is 17.3 Å². The molecule has 1 aliphatic heterocycles. The summed E-state index contributed by atoms with van der Waals surface area (Å²) in [5, 5.41) is 0.354. The maximum Gasteiger partial charge on any atom is 0.243 e. The fourth-order valence-electron chi connectivity index (χ4n) is 2.72. The van der Waals surface area contributed by atoms with Gasteiger partial charge in [0.15, 0.2) is 0 Å². The molecule has 21 heavy (non-hydrogen) atoms. The van der Waals surface area contributed by atoms with Crippen LogP contribution in [0.15, 0.2) is 17.0 Å². The number of benzene rings is 1. The number of nitrogen functional groups attached to an aromatic ring is 1. The molecule has 0 saturated carbocycles. The number of halogens is 1. The Labute approximate surface area is 132 Å². The summed E-state index contributed by atoms with van der Waals surface area (Å²) < 4.78 is 27.3. The first-order valence-corrected chi connectivity index (χ1v) is 9.01. The first-order chi connectivity index (χ1) is 9.63. The highest BCUT2D eigenvalue weighted by Gasteiger charge is 2.31. The van der Waals surface area contributed by atoms with Crippen molar-refractivity contribution in [2.75, 3.05) is 18.8 Å². The first kappa shape index (κ1) is 16.6. The SMILES string of the molecule is Cc1c(N)cc(Cl)cc1S(=O)(=O)N1CCCC(C)(C)CC1. The summed E-state index contributed by atoms with van der Waals surface area (Å²) in [6.07, 6.45) is 2.78. The molecule has 0 spiro atoms. The standard InChI is InChI=1S/C15H23ClN2O2S/c1-11-13(17)9-12(16)10-14(11)21(19,20)18-7-4-5-15(2,3)6-8-18/h9-10H,4-8,17H2,1-3H3. The monoisotopic (exact) mass is 330 g/mol. The van der Waals surface area contributed by atoms with E-state index in [9.17, 15) is 8.42 Å². The maximum absolute atomic E-state index is 12.9. The van der Waals surface area contributed by atoms with E-state index in [1.807, 2.05) is 0 Å². The van der Waals surface area contributed by atoms with Crippen LogP contribution in [0.25, 0.3) is 0 Å². The molecule has 0 aliphatic carbocycles. The number of anilines is 1. The van der Waals surface area contributed by atoms with E-state index in [0.717, 1.165) is 19.3 Å². The molecule has 0 amide bonds. The van der Waals surface area contributed by atoms with Gasteiger partial charge in [0.2, 0.25) is 10.0 Å². The lowest BCUT2D eigenvalue weighted by Gasteiger charge is -2.24. The Morgan fingerprint density at radius 2 is 1.90 bits per heavy atom. The normalized spacial score (nSPS) is 20.2. The molecule has 1 heterocycles. The van der Waals surface area contributed by atoms with Crippen LogP contribution in [0.5, 0.6) is 0 Å². The van der Waals surface area contributed by atoms with Gasteiger partial charge in [0.1, 0.15) is 0 Å². The van der Waals surface area contributed by atoms with Gasteiger partial charge in [-0.1, -0.05) is 25.4 Å². The number of nitrogens with two attached hydrogens (primary N) is 1. The molecule has 1 aromatic rings. The molecular formula is C15H23ClN2O2S. The van der Waals surface area contributed by atoms with Crippen molar-refractivity contribution >= 4 is 27.3 Å². The van der Waals surface area contributed by atoms with Gasteiger partial charge in [-0.15, -0.1) is 0 Å². The van der Waals surface area contributed by atoms with Crippen LogP contribution in [0.4, 0.5) is 5.69 Å². The summed E-state index contributed by atoms with van der Waals surface area (Å²) in [5.41, 5.74) is 7.03. The van der Waals surface area contributed by atoms with Gasteiger partial charge in [0.25, 0.3) is 0 Å². The molecule has 0 radical (unpaired) electrons. The molecule has 0 unspecified atom stereocenters. The lowest BCUT2D eigenvalue weighted by atomic mass is 9.85. The third kappa shape index (κ3) is 3.52. The van der Waals surface area contributed by atoms with Crippen LogP contribution in [0.3, 0.4) is 0 Å². The van der Waals surface area contributed by atoms with Crippen LogP contribution in [-0.4, -0.2) is 25.8 Å². The molecule has 0 aromatic heterocycles. The lowest BCUT2D eigenvalue weighted by Crippen LogP contribution is -2.33. The zero-order valence-electron chi connectivity index (χ0n) is 12.8. The van der Waals surface area contributed by atoms with Gasteiger partial charge < -0.3 is 5.73 Å². The van der Waals surface area contributed by atoms with Crippen LogP contribution in [-0.2, 0) is 10.0 Å². The van der Waals surface area contributed by atoms with Gasteiger partial charge in [0, 0.05) is 23.8 Å². The smallest absolute Gasteiger partial charge is 0.243 e. The Morgan fingerprint density at radius 1 is 1.24 bits per heavy atom. The third-order valence-corrected chi connectivity index (χ3v) is 6.52. The minimum Gasteiger partial charge on any atom is -0.398 e. The summed E-state index contributed by atoms with van der Waals surface area (Å²) in [7, 11) is -3.54. The van der Waals surface area contributed by atoms with Crippen LogP contribution in [0.2, 0.25) is 5.02 Å². The van der Waals surface area contributed by atoms with Gasteiger partial charge in [-0.05, 0) is 49.3 Å². The van der Waals surface area contributed by atoms with Crippen molar-refractivity contribution in [2.45, 2.75) is 44.9 Å². The van der Waals surface area contributed by atoms with Gasteiger partial charge >= 0.3 is 0 Å². The summed E-state index contributed by atoms with van der Waals surface area (Å²) in [4.78, 5) is 0.229. The van der Waals surface area contributed by atoms with Crippen molar-refractivity contribution in [3.8, 4) is 0 Å². The van der Waals surface area contributed by atoms with Crippen molar-refractivity contribution in [1.82, 2.24) is 4.31 Å². The molecule has 1 fully saturated rings. The Kier molecular flexibility index (Phi) is 4.57. The van der Waals surface area contributed by atoms with E-state index in [4.69, 9.17) is 17.3 Å². The predicted octanol–water partition coefficient (Wildman–Crippen LogP) is 3.43. The topological polar surface area (TPSA) is 63.4 Å². The second-order valence-corrected chi connectivity index (χ2v) is 8.88. The summed E-state index contributed by atoms with van der Waals surface area (Å²) >= 11 is 5.98. The number of sulfonamides is 1. The van der Waals surface area contributed by atoms with E-state index in [-0.39, 0.29) is 10.3 Å². The quantitative estimate of drug-likeness (QED) is 0.845. The van der Waals surface area contributed by atoms with E-state index in [1.165, 1.54) is 6.07 Å². The largest absolute Gasteiger partial charge is 0.398 e. The van der Waals surface area contributed by atoms with E-state index in [0.29, 0.717) is 29.4 Å². The highest BCUT2D eigenvalue weighted by Crippen LogP contribution is 2.34. The van der Waals surface area contributed by atoms with Crippen molar-refractivity contribution in [1.29, 1.82) is 0 Å². The van der Waals surface area contributed by atoms with Crippen LogP contribution >= 0.6 is 11.6 Å². The summed E-state index contributed by atoms with van der Waals surface area (Å²) in [6.45, 7) is 7.19. The zero-order chi connectivity index (χ0) is 15.8. The molecule has 118 valence electrons. The lowest BCUT2D eigenvalue weighted by molar-refractivity contribution is 0.315. The minimum absolute atomic E-state index is 0.187. The molecule has 0 atom stereocenters. The van der Waals surface area contributed by atoms with Gasteiger partial charge in [-0.25, -0.2) is 8.42 Å². The van der Waals surface area contributed by atoms with Crippen LogP contribution in [0.1, 0.15) is 38.7 Å². The Balaban J connectivity index is 2.39. The number of hydrogen-bond acceptors (Lipinski definition) is 3. The third-order valence-electron chi connectivity index (χ3n) is 4.28. The first-order valence-electron chi connectivity index (χ1n) is 7.19. The van der Waals surface area contributed by atoms with Crippen molar-refractivity contribution in [3.05, 3.63) is 22.7 Å². The molecule has 2 N–H and O–H groups in total. The maximum atomic E-state index is 12.9. The molecule has 1 aliphatic rings. The van der Waals surface area contributed by atoms with Crippen LogP contribution < -0.4 is 5.73 Å². The molecule has 6 heteroatoms. The summed E-state index contributed by atoms with van der Waals surface area (Å²) in [5.74, 6) is 0. The summed E-state index contributed by atoms with van der Waals surface area (Å²) in [6, 6.07) is 3.08. The Bertz CT molecular complexity index is 641. The van der Waals surface area contributed by atoms with Gasteiger partial charge in [0.05, 0.1) is 4.90 Å². The number of hydrogen-bond donors (Lipinski definition) is 1. The average Bonchev–Trinajstić information content (AvgIpc) is 2.55. The Hall–Kier alpha value is -0.780. The van der Waals surface area contributed by atoms with Crippen LogP contribution in [0, 0.1) is 12.3 Å². The van der Waals surface area contributed by atoms with E-state index in [2.05, 4.69) is 13.8 Å². The van der Waals surface area contributed by atoms with Crippen molar-refractivity contribution < 1.29 is 8.42 Å². The predicted molar refractivity (Wildman–Crippen MR) is 87.0 cm³/mol. The molecule has 1 aromatic carbocycles. The highest BCUT2D eigenvalue weighted by atomic mass is 35.5. The average molecular weight is 331 g/mol. The molecular weight excluding hydrogens is 308 g/mol. The van der Waals surface area contributed by atoms with Crippen molar-refractivity contribution in [2.24, 2.45) is 5.41 Å². The molecule has 1 saturated heterocycles. The second kappa shape index (κ2) is 5.78. The fourth-order valence-corrected chi connectivity index (χ4v) is 4.77. The number of nitrogens with zero attached hydrogens (tertiary/aromatic N) is 1. The zero-order valence-corrected chi connectivity index (χ0v) is 14.4. The Morgan fingerprint density at radius 3 is 2.57 bits per heavy atom. The fraction of sp³-hybridized carbons (Fsp3) is 0.600. The van der Waals surface area contributed by atoms with Crippen molar-refractivity contribution in [3.63, 3.8) is 0 Å². The van der Waals surface area contributed by atoms with E-state index < -0.39 is 10.0 Å². The molecule has 4 nitrogen and oxygen atoms in total. The highest BCUT2D eigenvalue weighted by molar-refractivity contribution is 7.89. The molecule has 0 bridgehead atoms. The van der Waals surface area contributed by atoms with Gasteiger partial charge in [-0.2, -0.15) is 4.31 Å². The van der Waals surface area contributed by atoms with Gasteiger partial charge in [-0.3, -0.25) is 0 Å². The minimum atomic E-state index is -3.54. The number of rotatable bonds is 2. The molecule has 2 rings (SSSR count). The van der Waals surface area contributed by atoms with E-state index >= 15 is 0 Å².